The molecule has 0 aromatic carbocycles. The Morgan fingerprint density at radius 2 is 2.08 bits per heavy atom. The normalized spacial score (nSPS) is 44.2. The first-order chi connectivity index (χ1) is 6.02. The lowest BCUT2D eigenvalue weighted by molar-refractivity contribution is 0.194. The lowest BCUT2D eigenvalue weighted by atomic mass is 9.70. The average molecular weight is 180 g/mol. The maximum Gasteiger partial charge on any atom is 0.0797 e. The smallest absolute Gasteiger partial charge is 0.0797 e. The molecule has 2 aliphatic carbocycles. The van der Waals surface area contributed by atoms with Crippen LogP contribution in [0.25, 0.3) is 0 Å². The van der Waals surface area contributed by atoms with E-state index in [0.717, 1.165) is 12.1 Å². The Bertz CT molecular complexity index is 283. The van der Waals surface area contributed by atoms with Crippen molar-refractivity contribution in [2.45, 2.75) is 40.0 Å². The van der Waals surface area contributed by atoms with Crippen molar-refractivity contribution in [3.8, 4) is 0 Å². The van der Waals surface area contributed by atoms with Gasteiger partial charge in [0, 0.05) is 5.41 Å². The van der Waals surface area contributed by atoms with E-state index in [1.54, 1.807) is 0 Å². The van der Waals surface area contributed by atoms with Crippen LogP contribution in [0.1, 0.15) is 40.0 Å². The summed E-state index contributed by atoms with van der Waals surface area (Å²) >= 11 is 0. The highest BCUT2D eigenvalue weighted by atomic mass is 16.3. The molecule has 13 heavy (non-hydrogen) atoms. The van der Waals surface area contributed by atoms with Gasteiger partial charge in [-0.15, -0.1) is 10.0 Å². The van der Waals surface area contributed by atoms with E-state index in [2.05, 4.69) is 31.2 Å². The second-order valence-corrected chi connectivity index (χ2v) is 5.12. The van der Waals surface area contributed by atoms with Crippen molar-refractivity contribution in [1.29, 1.82) is 0 Å². The number of fused-ring (bicyclic) bond motifs is 2. The maximum atomic E-state index is 10.2. The van der Waals surface area contributed by atoms with Gasteiger partial charge in [-0.1, -0.05) is 20.8 Å². The summed E-state index contributed by atoms with van der Waals surface area (Å²) in [7, 11) is 0. The molecule has 72 valence electrons. The summed E-state index contributed by atoms with van der Waals surface area (Å²) in [6.07, 6.45) is 3.43. The first-order valence-corrected chi connectivity index (χ1v) is 4.92. The molecule has 0 spiro atoms. The minimum atomic E-state index is 0.131. The lowest BCUT2D eigenvalue weighted by Crippen LogP contribution is -2.32. The van der Waals surface area contributed by atoms with E-state index in [9.17, 15) is 4.91 Å². The van der Waals surface area contributed by atoms with Crippen molar-refractivity contribution in [3.05, 3.63) is 4.91 Å². The summed E-state index contributed by atoms with van der Waals surface area (Å²) in [6.45, 7) is 6.81. The van der Waals surface area contributed by atoms with Gasteiger partial charge in [0.1, 0.15) is 0 Å². The molecule has 0 aromatic rings. The van der Waals surface area contributed by atoms with Crippen LogP contribution in [0.2, 0.25) is 0 Å². The quantitative estimate of drug-likeness (QED) is 0.452. The van der Waals surface area contributed by atoms with Crippen molar-refractivity contribution in [1.82, 2.24) is 0 Å². The van der Waals surface area contributed by atoms with Gasteiger partial charge in [-0.05, 0) is 30.6 Å². The van der Waals surface area contributed by atoms with E-state index in [-0.39, 0.29) is 5.41 Å². The third-order valence-corrected chi connectivity index (χ3v) is 4.67. The number of rotatable bonds is 1. The minimum Gasteiger partial charge on any atom is -0.123 e. The summed E-state index contributed by atoms with van der Waals surface area (Å²) in [6, 6.07) is 0. The third-order valence-electron chi connectivity index (χ3n) is 4.67. The van der Waals surface area contributed by atoms with Gasteiger partial charge < -0.3 is 0 Å². The van der Waals surface area contributed by atoms with Crippen LogP contribution in [0.15, 0.2) is 10.4 Å². The molecule has 3 nitrogen and oxygen atoms in total. The van der Waals surface area contributed by atoms with Crippen molar-refractivity contribution < 1.29 is 0 Å². The van der Waals surface area contributed by atoms with Gasteiger partial charge in [0.2, 0.25) is 0 Å². The van der Waals surface area contributed by atoms with Gasteiger partial charge in [-0.3, -0.25) is 0 Å². The van der Waals surface area contributed by atoms with Crippen molar-refractivity contribution in [2.24, 2.45) is 27.1 Å². The second-order valence-electron chi connectivity index (χ2n) is 5.12. The van der Waals surface area contributed by atoms with Gasteiger partial charge in [-0.2, -0.15) is 0 Å². The van der Waals surface area contributed by atoms with Gasteiger partial charge >= 0.3 is 0 Å². The first kappa shape index (κ1) is 8.85. The van der Waals surface area contributed by atoms with Crippen molar-refractivity contribution in [3.63, 3.8) is 0 Å². The Balaban J connectivity index is 2.44. The molecule has 0 N–H and O–H groups in total. The van der Waals surface area contributed by atoms with E-state index in [1.165, 1.54) is 12.8 Å². The van der Waals surface area contributed by atoms with E-state index >= 15 is 0 Å². The fourth-order valence-corrected chi connectivity index (χ4v) is 3.13. The molecule has 2 fully saturated rings. The SMILES string of the molecule is CC1(C)[C@@H]2CC[C@@]1(C)/C(=N/N=O)C2. The predicted molar refractivity (Wildman–Crippen MR) is 52.5 cm³/mol. The topological polar surface area (TPSA) is 41.8 Å². The Morgan fingerprint density at radius 1 is 1.38 bits per heavy atom. The minimum absolute atomic E-state index is 0.131. The van der Waals surface area contributed by atoms with E-state index < -0.39 is 0 Å². The van der Waals surface area contributed by atoms with Crippen LogP contribution in [0, 0.1) is 21.7 Å². The highest BCUT2D eigenvalue weighted by Gasteiger charge is 2.60. The van der Waals surface area contributed by atoms with Gasteiger partial charge in [0.25, 0.3) is 0 Å². The Hall–Kier alpha value is -0.730. The Kier molecular flexibility index (Phi) is 1.63. The number of nitrogens with zero attached hydrogens (tertiary/aromatic N) is 2. The van der Waals surface area contributed by atoms with Crippen LogP contribution in [0.5, 0.6) is 0 Å². The van der Waals surface area contributed by atoms with Gasteiger partial charge in [-0.25, -0.2) is 0 Å². The molecule has 0 unspecified atom stereocenters. The summed E-state index contributed by atoms with van der Waals surface area (Å²) in [5.74, 6) is 0.706. The zero-order chi connectivity index (χ0) is 9.69. The summed E-state index contributed by atoms with van der Waals surface area (Å²) in [5, 5.41) is 6.44. The molecule has 0 aromatic heterocycles. The standard InChI is InChI=1S/C10H16N2O/c1-9(2)7-4-5-10(9,3)8(6-7)11-12-13/h7H,4-6H2,1-3H3/b11-8+/t7-,10+/m1/s1. The largest absolute Gasteiger partial charge is 0.123 e. The summed E-state index contributed by atoms with van der Waals surface area (Å²) in [4.78, 5) is 10.2. The number of hydrogen-bond acceptors (Lipinski definition) is 2. The molecule has 2 aliphatic rings. The zero-order valence-electron chi connectivity index (χ0n) is 8.50. The monoisotopic (exact) mass is 180 g/mol. The zero-order valence-corrected chi connectivity index (χ0v) is 8.50. The van der Waals surface area contributed by atoms with E-state index in [4.69, 9.17) is 0 Å². The molecule has 0 saturated heterocycles. The first-order valence-electron chi connectivity index (χ1n) is 4.92. The second kappa shape index (κ2) is 2.40. The highest BCUT2D eigenvalue weighted by Crippen LogP contribution is 2.63. The molecule has 2 bridgehead atoms. The fourth-order valence-electron chi connectivity index (χ4n) is 3.13. The fraction of sp³-hybridized carbons (Fsp3) is 0.900. The van der Waals surface area contributed by atoms with Crippen molar-refractivity contribution in [2.75, 3.05) is 0 Å². The van der Waals surface area contributed by atoms with Crippen LogP contribution in [-0.2, 0) is 0 Å². The number of hydrogen-bond donors (Lipinski definition) is 0. The van der Waals surface area contributed by atoms with Crippen LogP contribution in [0.3, 0.4) is 0 Å². The molecular formula is C10H16N2O. The maximum absolute atomic E-state index is 10.2. The van der Waals surface area contributed by atoms with Crippen LogP contribution < -0.4 is 0 Å². The molecular weight excluding hydrogens is 164 g/mol. The number of nitroso groups, excluding NO2 is 1. The van der Waals surface area contributed by atoms with Crippen molar-refractivity contribution >= 4 is 5.71 Å². The molecule has 0 amide bonds. The molecule has 2 rings (SSSR count). The Morgan fingerprint density at radius 3 is 2.46 bits per heavy atom. The van der Waals surface area contributed by atoms with Crippen LogP contribution in [-0.4, -0.2) is 5.71 Å². The van der Waals surface area contributed by atoms with Gasteiger partial charge in [0.15, 0.2) is 0 Å². The van der Waals surface area contributed by atoms with Crippen LogP contribution in [0.4, 0.5) is 0 Å². The van der Waals surface area contributed by atoms with E-state index in [0.29, 0.717) is 11.3 Å². The van der Waals surface area contributed by atoms with Crippen LogP contribution >= 0.6 is 0 Å². The molecule has 0 heterocycles. The summed E-state index contributed by atoms with van der Waals surface area (Å²) in [5.41, 5.74) is 1.46. The highest BCUT2D eigenvalue weighted by molar-refractivity contribution is 5.94. The predicted octanol–water partition coefficient (Wildman–Crippen LogP) is 2.96. The molecule has 3 heteroatoms. The molecule has 2 atom stereocenters. The summed E-state index contributed by atoms with van der Waals surface area (Å²) < 4.78 is 0. The lowest BCUT2D eigenvalue weighted by Gasteiger charge is -2.33. The molecule has 0 aliphatic heterocycles. The van der Waals surface area contributed by atoms with Gasteiger partial charge in [0.05, 0.1) is 11.0 Å². The average Bonchev–Trinajstić information content (AvgIpc) is 2.37. The molecule has 2 saturated carbocycles. The van der Waals surface area contributed by atoms with E-state index in [1.807, 2.05) is 0 Å². The molecule has 0 radical (unpaired) electrons. The third kappa shape index (κ3) is 0.875. The Labute approximate surface area is 78.6 Å².